The largest absolute Gasteiger partial charge is 0.399 e. The smallest absolute Gasteiger partial charge is 0.0314 e. The summed E-state index contributed by atoms with van der Waals surface area (Å²) in [5, 5.41) is 0. The molecule has 0 aromatic heterocycles. The van der Waals surface area contributed by atoms with Gasteiger partial charge in [-0.05, 0) is 30.7 Å². The Bertz CT molecular complexity index is 303. The maximum atomic E-state index is 5.67. The van der Waals surface area contributed by atoms with Gasteiger partial charge in [0.05, 0.1) is 0 Å². The fourth-order valence-electron chi connectivity index (χ4n) is 1.68. The molecule has 2 heteroatoms. The molecular formula is C14H22N2. The number of nitrogen functional groups attached to an aromatic ring is 1. The van der Waals surface area contributed by atoms with E-state index in [-0.39, 0.29) is 0 Å². The van der Waals surface area contributed by atoms with Crippen LogP contribution in [-0.4, -0.2) is 18.0 Å². The number of nitrogens with zero attached hydrogens (tertiary/aromatic N) is 1. The van der Waals surface area contributed by atoms with Crippen molar-refractivity contribution in [1.29, 1.82) is 0 Å². The molecule has 88 valence electrons. The van der Waals surface area contributed by atoms with Gasteiger partial charge in [-0.25, -0.2) is 0 Å². The number of unbranched alkanes of at least 4 members (excludes halogenated alkanes) is 1. The molecule has 0 aliphatic carbocycles. The van der Waals surface area contributed by atoms with Crippen LogP contribution in [0.5, 0.6) is 0 Å². The number of rotatable bonds is 7. The second-order valence-corrected chi connectivity index (χ2v) is 4.12. The summed E-state index contributed by atoms with van der Waals surface area (Å²) in [6, 6.07) is 8.11. The van der Waals surface area contributed by atoms with Gasteiger partial charge in [-0.3, -0.25) is 4.90 Å². The fourth-order valence-corrected chi connectivity index (χ4v) is 1.68. The Morgan fingerprint density at radius 2 is 2.00 bits per heavy atom. The lowest BCUT2D eigenvalue weighted by atomic mass is 10.2. The molecule has 16 heavy (non-hydrogen) atoms. The van der Waals surface area contributed by atoms with Crippen molar-refractivity contribution < 1.29 is 0 Å². The highest BCUT2D eigenvalue weighted by molar-refractivity contribution is 5.39. The Kier molecular flexibility index (Phi) is 5.65. The topological polar surface area (TPSA) is 29.3 Å². The molecule has 0 aliphatic rings. The number of anilines is 1. The summed E-state index contributed by atoms with van der Waals surface area (Å²) < 4.78 is 0. The molecule has 0 atom stereocenters. The van der Waals surface area contributed by atoms with Crippen LogP contribution in [0.3, 0.4) is 0 Å². The molecule has 2 nitrogen and oxygen atoms in total. The first-order chi connectivity index (χ1) is 7.76. The van der Waals surface area contributed by atoms with E-state index >= 15 is 0 Å². The van der Waals surface area contributed by atoms with Gasteiger partial charge in [-0.15, -0.1) is 6.58 Å². The molecule has 2 N–H and O–H groups in total. The zero-order valence-electron chi connectivity index (χ0n) is 10.2. The van der Waals surface area contributed by atoms with Crippen LogP contribution in [0.2, 0.25) is 0 Å². The lowest BCUT2D eigenvalue weighted by Crippen LogP contribution is -2.24. The summed E-state index contributed by atoms with van der Waals surface area (Å²) >= 11 is 0. The van der Waals surface area contributed by atoms with E-state index in [0.717, 1.165) is 25.3 Å². The van der Waals surface area contributed by atoms with Crippen molar-refractivity contribution in [3.63, 3.8) is 0 Å². The van der Waals surface area contributed by atoms with Crippen LogP contribution >= 0.6 is 0 Å². The SMILES string of the molecule is C=CCN(CCCC)Cc1ccc(N)cc1. The standard InChI is InChI=1S/C14H22N2/c1-3-5-11-16(10-4-2)12-13-6-8-14(15)9-7-13/h4,6-9H,2-3,5,10-12,15H2,1H3. The summed E-state index contributed by atoms with van der Waals surface area (Å²) in [5.41, 5.74) is 7.81. The molecule has 1 aromatic rings. The second-order valence-electron chi connectivity index (χ2n) is 4.12. The molecule has 0 aliphatic heterocycles. The Balaban J connectivity index is 2.52. The summed E-state index contributed by atoms with van der Waals surface area (Å²) in [5.74, 6) is 0. The summed E-state index contributed by atoms with van der Waals surface area (Å²) in [6.45, 7) is 9.08. The van der Waals surface area contributed by atoms with Crippen LogP contribution in [0, 0.1) is 0 Å². The Morgan fingerprint density at radius 1 is 1.31 bits per heavy atom. The Labute approximate surface area is 98.8 Å². The zero-order valence-corrected chi connectivity index (χ0v) is 10.2. The first-order valence-electron chi connectivity index (χ1n) is 5.94. The minimum absolute atomic E-state index is 0.826. The maximum Gasteiger partial charge on any atom is 0.0314 e. The predicted octanol–water partition coefficient (Wildman–Crippen LogP) is 3.06. The summed E-state index contributed by atoms with van der Waals surface area (Å²) in [7, 11) is 0. The molecule has 0 fully saturated rings. The van der Waals surface area contributed by atoms with Gasteiger partial charge in [-0.2, -0.15) is 0 Å². The molecule has 1 rings (SSSR count). The minimum Gasteiger partial charge on any atom is -0.399 e. The van der Waals surface area contributed by atoms with Crippen LogP contribution in [0.15, 0.2) is 36.9 Å². The quantitative estimate of drug-likeness (QED) is 0.563. The van der Waals surface area contributed by atoms with E-state index in [1.807, 2.05) is 18.2 Å². The maximum absolute atomic E-state index is 5.67. The predicted molar refractivity (Wildman–Crippen MR) is 71.2 cm³/mol. The molecule has 0 unspecified atom stereocenters. The van der Waals surface area contributed by atoms with Gasteiger partial charge in [0.1, 0.15) is 0 Å². The van der Waals surface area contributed by atoms with Crippen molar-refractivity contribution in [2.24, 2.45) is 0 Å². The van der Waals surface area contributed by atoms with Gasteiger partial charge in [0, 0.05) is 18.8 Å². The minimum atomic E-state index is 0.826. The van der Waals surface area contributed by atoms with E-state index in [2.05, 4.69) is 30.5 Å². The molecule has 0 bridgehead atoms. The molecule has 0 radical (unpaired) electrons. The van der Waals surface area contributed by atoms with Gasteiger partial charge in [-0.1, -0.05) is 31.6 Å². The van der Waals surface area contributed by atoms with Gasteiger partial charge < -0.3 is 5.73 Å². The molecule has 1 aromatic carbocycles. The summed E-state index contributed by atoms with van der Waals surface area (Å²) in [6.07, 6.45) is 4.44. The van der Waals surface area contributed by atoms with E-state index in [1.54, 1.807) is 0 Å². The van der Waals surface area contributed by atoms with E-state index in [9.17, 15) is 0 Å². The average molecular weight is 218 g/mol. The fraction of sp³-hybridized carbons (Fsp3) is 0.429. The number of benzene rings is 1. The van der Waals surface area contributed by atoms with Gasteiger partial charge >= 0.3 is 0 Å². The van der Waals surface area contributed by atoms with Crippen molar-refractivity contribution in [3.8, 4) is 0 Å². The molecule has 0 saturated heterocycles. The third kappa shape index (κ3) is 4.49. The van der Waals surface area contributed by atoms with Crippen molar-refractivity contribution in [3.05, 3.63) is 42.5 Å². The van der Waals surface area contributed by atoms with Gasteiger partial charge in [0.2, 0.25) is 0 Å². The van der Waals surface area contributed by atoms with Crippen molar-refractivity contribution in [2.45, 2.75) is 26.3 Å². The Morgan fingerprint density at radius 3 is 2.56 bits per heavy atom. The van der Waals surface area contributed by atoms with Crippen LogP contribution in [0.4, 0.5) is 5.69 Å². The average Bonchev–Trinajstić information content (AvgIpc) is 2.29. The number of nitrogens with two attached hydrogens (primary N) is 1. The van der Waals surface area contributed by atoms with Crippen LogP contribution in [0.25, 0.3) is 0 Å². The normalized spacial score (nSPS) is 10.6. The zero-order chi connectivity index (χ0) is 11.8. The third-order valence-electron chi connectivity index (χ3n) is 2.60. The van der Waals surface area contributed by atoms with E-state index in [0.29, 0.717) is 0 Å². The van der Waals surface area contributed by atoms with Crippen LogP contribution < -0.4 is 5.73 Å². The molecule has 0 spiro atoms. The number of hydrogen-bond acceptors (Lipinski definition) is 2. The molecular weight excluding hydrogens is 196 g/mol. The third-order valence-corrected chi connectivity index (χ3v) is 2.60. The Hall–Kier alpha value is -1.28. The highest BCUT2D eigenvalue weighted by atomic mass is 15.1. The van der Waals surface area contributed by atoms with Crippen molar-refractivity contribution >= 4 is 5.69 Å². The van der Waals surface area contributed by atoms with Crippen LogP contribution in [-0.2, 0) is 6.54 Å². The number of hydrogen-bond donors (Lipinski definition) is 1. The highest BCUT2D eigenvalue weighted by Gasteiger charge is 2.03. The van der Waals surface area contributed by atoms with Gasteiger partial charge in [0.25, 0.3) is 0 Å². The van der Waals surface area contributed by atoms with Gasteiger partial charge in [0.15, 0.2) is 0 Å². The van der Waals surface area contributed by atoms with Crippen LogP contribution in [0.1, 0.15) is 25.3 Å². The monoisotopic (exact) mass is 218 g/mol. The lowest BCUT2D eigenvalue weighted by molar-refractivity contribution is 0.289. The highest BCUT2D eigenvalue weighted by Crippen LogP contribution is 2.09. The lowest BCUT2D eigenvalue weighted by Gasteiger charge is -2.20. The first-order valence-corrected chi connectivity index (χ1v) is 5.94. The van der Waals surface area contributed by atoms with Crippen molar-refractivity contribution in [2.75, 3.05) is 18.8 Å². The van der Waals surface area contributed by atoms with Crippen molar-refractivity contribution in [1.82, 2.24) is 4.90 Å². The van der Waals surface area contributed by atoms with E-state index in [4.69, 9.17) is 5.73 Å². The molecule has 0 saturated carbocycles. The second kappa shape index (κ2) is 7.07. The molecule has 0 amide bonds. The first kappa shape index (κ1) is 12.8. The van der Waals surface area contributed by atoms with E-state index < -0.39 is 0 Å². The summed E-state index contributed by atoms with van der Waals surface area (Å²) in [4.78, 5) is 2.40. The molecule has 0 heterocycles. The van der Waals surface area contributed by atoms with E-state index in [1.165, 1.54) is 18.4 Å².